The number of carbonyl (C=O) groups is 2. The standard InChI is InChI=1S/C20H18BrClFNO4/c21-17-3-2-16(9-13(17)11-25)24-6-5-20(28,19(24)27)18(26)4-1-12-7-14(22)10-15(23)8-12/h2-3,7-10,25,28H,1,4-6,11H2/t20-/m0/s1. The van der Waals surface area contributed by atoms with E-state index in [1.165, 1.54) is 11.0 Å². The average molecular weight is 471 g/mol. The lowest BCUT2D eigenvalue weighted by molar-refractivity contribution is -0.147. The molecule has 0 bridgehead atoms. The molecule has 8 heteroatoms. The fraction of sp³-hybridized carbons (Fsp3) is 0.300. The van der Waals surface area contributed by atoms with E-state index in [9.17, 15) is 24.2 Å². The van der Waals surface area contributed by atoms with Gasteiger partial charge >= 0.3 is 0 Å². The van der Waals surface area contributed by atoms with Gasteiger partial charge in [0.1, 0.15) is 5.82 Å². The molecule has 0 spiro atoms. The van der Waals surface area contributed by atoms with E-state index in [1.54, 1.807) is 24.3 Å². The van der Waals surface area contributed by atoms with E-state index in [-0.39, 0.29) is 37.4 Å². The minimum Gasteiger partial charge on any atom is -0.392 e. The minimum absolute atomic E-state index is 0.0287. The quantitative estimate of drug-likeness (QED) is 0.635. The van der Waals surface area contributed by atoms with Crippen molar-refractivity contribution in [1.29, 1.82) is 0 Å². The van der Waals surface area contributed by atoms with Gasteiger partial charge in [0, 0.05) is 34.6 Å². The highest BCUT2D eigenvalue weighted by molar-refractivity contribution is 9.10. The molecule has 1 aliphatic rings. The number of hydrogen-bond donors (Lipinski definition) is 2. The number of hydrogen-bond acceptors (Lipinski definition) is 4. The Kier molecular flexibility index (Phi) is 6.19. The molecule has 28 heavy (non-hydrogen) atoms. The number of carbonyl (C=O) groups excluding carboxylic acids is 2. The van der Waals surface area contributed by atoms with Crippen LogP contribution in [-0.4, -0.2) is 34.0 Å². The number of Topliss-reactive ketones (excluding diaryl/α,β-unsaturated/α-hetero) is 1. The maximum absolute atomic E-state index is 13.4. The van der Waals surface area contributed by atoms with Crippen molar-refractivity contribution in [3.05, 3.63) is 62.8 Å². The second-order valence-corrected chi connectivity index (χ2v) is 7.99. The summed E-state index contributed by atoms with van der Waals surface area (Å²) in [5.74, 6) is -1.81. The lowest BCUT2D eigenvalue weighted by atomic mass is 9.92. The molecule has 5 nitrogen and oxygen atoms in total. The van der Waals surface area contributed by atoms with Gasteiger partial charge in [-0.1, -0.05) is 27.5 Å². The van der Waals surface area contributed by atoms with Crippen LogP contribution in [0.2, 0.25) is 5.02 Å². The van der Waals surface area contributed by atoms with E-state index in [0.29, 0.717) is 21.3 Å². The summed E-state index contributed by atoms with van der Waals surface area (Å²) in [6, 6.07) is 8.98. The van der Waals surface area contributed by atoms with Crippen LogP contribution < -0.4 is 4.90 Å². The van der Waals surface area contributed by atoms with Crippen LogP contribution in [0.25, 0.3) is 0 Å². The van der Waals surface area contributed by atoms with Gasteiger partial charge in [-0.15, -0.1) is 0 Å². The molecule has 2 aromatic rings. The Morgan fingerprint density at radius 2 is 2.04 bits per heavy atom. The molecule has 1 amide bonds. The summed E-state index contributed by atoms with van der Waals surface area (Å²) in [7, 11) is 0. The summed E-state index contributed by atoms with van der Waals surface area (Å²) in [5.41, 5.74) is -0.499. The van der Waals surface area contributed by atoms with Crippen LogP contribution in [0.4, 0.5) is 10.1 Å². The molecule has 0 radical (unpaired) electrons. The van der Waals surface area contributed by atoms with Crippen LogP contribution in [0.1, 0.15) is 24.0 Å². The number of benzene rings is 2. The van der Waals surface area contributed by atoms with Gasteiger partial charge in [0.05, 0.1) is 6.61 Å². The second kappa shape index (κ2) is 8.29. The molecule has 3 rings (SSSR count). The van der Waals surface area contributed by atoms with Gasteiger partial charge < -0.3 is 15.1 Å². The molecular formula is C20H18BrClFNO4. The SMILES string of the molecule is O=C(CCc1cc(F)cc(Cl)c1)[C@@]1(O)CCN(c2ccc(Br)c(CO)c2)C1=O. The number of rotatable bonds is 6. The van der Waals surface area contributed by atoms with E-state index < -0.39 is 23.1 Å². The number of ketones is 1. The van der Waals surface area contributed by atoms with Crippen molar-refractivity contribution in [3.8, 4) is 0 Å². The fourth-order valence-electron chi connectivity index (χ4n) is 3.28. The summed E-state index contributed by atoms with van der Waals surface area (Å²) >= 11 is 9.12. The molecular weight excluding hydrogens is 453 g/mol. The van der Waals surface area contributed by atoms with Gasteiger partial charge in [-0.05, 0) is 53.9 Å². The van der Waals surface area contributed by atoms with Crippen molar-refractivity contribution in [2.75, 3.05) is 11.4 Å². The Morgan fingerprint density at radius 1 is 1.29 bits per heavy atom. The Labute approximate surface area is 174 Å². The van der Waals surface area contributed by atoms with Gasteiger partial charge in [0.15, 0.2) is 5.78 Å². The van der Waals surface area contributed by atoms with Crippen molar-refractivity contribution >= 4 is 44.9 Å². The Hall–Kier alpha value is -1.80. The third-order valence-electron chi connectivity index (χ3n) is 4.83. The summed E-state index contributed by atoms with van der Waals surface area (Å²) in [6.07, 6.45) is 0.0238. The van der Waals surface area contributed by atoms with Crippen LogP contribution in [0.3, 0.4) is 0 Å². The van der Waals surface area contributed by atoms with E-state index >= 15 is 0 Å². The van der Waals surface area contributed by atoms with Crippen LogP contribution in [-0.2, 0) is 22.6 Å². The van der Waals surface area contributed by atoms with Gasteiger partial charge in [-0.2, -0.15) is 0 Å². The molecule has 0 aromatic heterocycles. The highest BCUT2D eigenvalue weighted by atomic mass is 79.9. The number of amides is 1. The molecule has 1 atom stereocenters. The lowest BCUT2D eigenvalue weighted by Crippen LogP contribution is -2.47. The maximum atomic E-state index is 13.4. The molecule has 2 aromatic carbocycles. The van der Waals surface area contributed by atoms with Gasteiger partial charge in [0.25, 0.3) is 5.91 Å². The fourth-order valence-corrected chi connectivity index (χ4v) is 3.90. The number of nitrogens with zero attached hydrogens (tertiary/aromatic N) is 1. The first-order chi connectivity index (χ1) is 13.2. The molecule has 1 aliphatic heterocycles. The molecule has 1 fully saturated rings. The Balaban J connectivity index is 1.73. The van der Waals surface area contributed by atoms with E-state index in [0.717, 1.165) is 6.07 Å². The summed E-state index contributed by atoms with van der Waals surface area (Å²) in [6.45, 7) is -0.0325. The van der Waals surface area contributed by atoms with Gasteiger partial charge in [-0.3, -0.25) is 9.59 Å². The molecule has 1 heterocycles. The maximum Gasteiger partial charge on any atom is 0.266 e. The van der Waals surface area contributed by atoms with Crippen molar-refractivity contribution in [2.45, 2.75) is 31.5 Å². The van der Waals surface area contributed by atoms with Crippen LogP contribution in [0.5, 0.6) is 0 Å². The van der Waals surface area contributed by atoms with Crippen molar-refractivity contribution in [3.63, 3.8) is 0 Å². The minimum atomic E-state index is -2.11. The Morgan fingerprint density at radius 3 is 2.71 bits per heavy atom. The average Bonchev–Trinajstić information content (AvgIpc) is 2.96. The van der Waals surface area contributed by atoms with Crippen molar-refractivity contribution < 1.29 is 24.2 Å². The zero-order valence-electron chi connectivity index (χ0n) is 14.8. The first-order valence-corrected chi connectivity index (χ1v) is 9.83. The normalized spacial score (nSPS) is 19.3. The molecule has 1 saturated heterocycles. The highest BCUT2D eigenvalue weighted by Crippen LogP contribution is 2.32. The van der Waals surface area contributed by atoms with Gasteiger partial charge in [0.2, 0.25) is 5.60 Å². The highest BCUT2D eigenvalue weighted by Gasteiger charge is 2.50. The number of aryl methyl sites for hydroxylation is 1. The monoisotopic (exact) mass is 469 g/mol. The third kappa shape index (κ3) is 4.12. The molecule has 2 N–H and O–H groups in total. The number of aliphatic hydroxyl groups excluding tert-OH is 1. The van der Waals surface area contributed by atoms with E-state index in [2.05, 4.69) is 15.9 Å². The van der Waals surface area contributed by atoms with Crippen LogP contribution >= 0.6 is 27.5 Å². The van der Waals surface area contributed by atoms with Crippen molar-refractivity contribution in [1.82, 2.24) is 0 Å². The molecule has 0 saturated carbocycles. The zero-order valence-corrected chi connectivity index (χ0v) is 17.1. The number of halogens is 3. The zero-order chi connectivity index (χ0) is 20.5. The third-order valence-corrected chi connectivity index (χ3v) is 5.82. The van der Waals surface area contributed by atoms with Crippen LogP contribution in [0.15, 0.2) is 40.9 Å². The first-order valence-electron chi connectivity index (χ1n) is 8.66. The second-order valence-electron chi connectivity index (χ2n) is 6.70. The molecule has 0 unspecified atom stereocenters. The van der Waals surface area contributed by atoms with Gasteiger partial charge in [-0.25, -0.2) is 4.39 Å². The molecule has 148 valence electrons. The van der Waals surface area contributed by atoms with Crippen LogP contribution in [0, 0.1) is 5.82 Å². The summed E-state index contributed by atoms with van der Waals surface area (Å²) in [5, 5.41) is 20.3. The van der Waals surface area contributed by atoms with E-state index in [1.807, 2.05) is 0 Å². The topological polar surface area (TPSA) is 77.8 Å². The molecule has 0 aliphatic carbocycles. The largest absolute Gasteiger partial charge is 0.392 e. The Bertz CT molecular complexity index is 918. The summed E-state index contributed by atoms with van der Waals surface area (Å²) < 4.78 is 14.1. The van der Waals surface area contributed by atoms with E-state index in [4.69, 9.17) is 11.6 Å². The summed E-state index contributed by atoms with van der Waals surface area (Å²) in [4.78, 5) is 26.7. The smallest absolute Gasteiger partial charge is 0.266 e. The number of anilines is 1. The first kappa shape index (κ1) is 20.9. The lowest BCUT2D eigenvalue weighted by Gasteiger charge is -2.22. The predicted molar refractivity (Wildman–Crippen MR) is 107 cm³/mol. The number of aliphatic hydroxyl groups is 2. The predicted octanol–water partition coefficient (Wildman–Crippen LogP) is 3.40. The van der Waals surface area contributed by atoms with Crippen molar-refractivity contribution in [2.24, 2.45) is 0 Å².